The molecule has 2 N–H and O–H groups in total. The summed E-state index contributed by atoms with van der Waals surface area (Å²) < 4.78 is 5.10. The number of ether oxygens (including phenoxy) is 1. The molecule has 1 saturated carbocycles. The molecular weight excluding hydrogens is 240 g/mol. The number of methoxy groups -OCH3 is 1. The van der Waals surface area contributed by atoms with E-state index >= 15 is 0 Å². The summed E-state index contributed by atoms with van der Waals surface area (Å²) in [6, 6.07) is 7.45. The highest BCUT2D eigenvalue weighted by Gasteiger charge is 2.17. The van der Waals surface area contributed by atoms with Gasteiger partial charge < -0.3 is 15.4 Å². The molecule has 0 aromatic heterocycles. The molecule has 0 saturated heterocycles. The Bertz CT molecular complexity index is 450. The standard InChI is InChI=1S/C15H20N2O2/c1-11(13-5-7-14(19-2)8-6-13)17-15(18)16-10-9-12-3-4-12/h5-12H,3-4H2,1-2H3,(H2,16,17,18)/b10-9+. The van der Waals surface area contributed by atoms with Gasteiger partial charge in [-0.2, -0.15) is 0 Å². The first-order valence-corrected chi connectivity index (χ1v) is 6.56. The molecule has 102 valence electrons. The largest absolute Gasteiger partial charge is 0.497 e. The zero-order chi connectivity index (χ0) is 13.7. The van der Waals surface area contributed by atoms with Crippen LogP contribution in [-0.2, 0) is 0 Å². The van der Waals surface area contributed by atoms with Gasteiger partial charge in [-0.15, -0.1) is 0 Å². The smallest absolute Gasteiger partial charge is 0.319 e. The number of urea groups is 1. The number of hydrogen-bond acceptors (Lipinski definition) is 2. The number of benzene rings is 1. The Labute approximate surface area is 113 Å². The molecule has 1 aliphatic carbocycles. The summed E-state index contributed by atoms with van der Waals surface area (Å²) in [7, 11) is 1.64. The Morgan fingerprint density at radius 3 is 2.63 bits per heavy atom. The first-order valence-electron chi connectivity index (χ1n) is 6.56. The van der Waals surface area contributed by atoms with Gasteiger partial charge in [-0.25, -0.2) is 4.79 Å². The number of hydrogen-bond donors (Lipinski definition) is 2. The molecule has 1 fully saturated rings. The lowest BCUT2D eigenvalue weighted by molar-refractivity contribution is 0.241. The van der Waals surface area contributed by atoms with E-state index in [2.05, 4.69) is 10.6 Å². The maximum Gasteiger partial charge on any atom is 0.319 e. The van der Waals surface area contributed by atoms with Crippen molar-refractivity contribution in [3.8, 4) is 5.75 Å². The van der Waals surface area contributed by atoms with E-state index in [1.54, 1.807) is 13.3 Å². The van der Waals surface area contributed by atoms with Gasteiger partial charge >= 0.3 is 6.03 Å². The van der Waals surface area contributed by atoms with Crippen LogP contribution in [0.25, 0.3) is 0 Å². The van der Waals surface area contributed by atoms with Crippen LogP contribution in [0.15, 0.2) is 36.5 Å². The Balaban J connectivity index is 1.81. The lowest BCUT2D eigenvalue weighted by atomic mass is 10.1. The second kappa shape index (κ2) is 6.27. The zero-order valence-electron chi connectivity index (χ0n) is 11.3. The van der Waals surface area contributed by atoms with Crippen molar-refractivity contribution >= 4 is 6.03 Å². The van der Waals surface area contributed by atoms with E-state index in [-0.39, 0.29) is 12.1 Å². The summed E-state index contributed by atoms with van der Waals surface area (Å²) >= 11 is 0. The quantitative estimate of drug-likeness (QED) is 0.855. The maximum absolute atomic E-state index is 11.7. The van der Waals surface area contributed by atoms with Crippen molar-refractivity contribution in [2.45, 2.75) is 25.8 Å². The highest BCUT2D eigenvalue weighted by molar-refractivity contribution is 5.75. The van der Waals surface area contributed by atoms with E-state index in [0.29, 0.717) is 5.92 Å². The number of rotatable bonds is 5. The third-order valence-corrected chi connectivity index (χ3v) is 3.17. The molecule has 4 nitrogen and oxygen atoms in total. The summed E-state index contributed by atoms with van der Waals surface area (Å²) in [5, 5.41) is 5.61. The van der Waals surface area contributed by atoms with Crippen molar-refractivity contribution in [3.63, 3.8) is 0 Å². The minimum atomic E-state index is -0.180. The van der Waals surface area contributed by atoms with E-state index in [1.165, 1.54) is 12.8 Å². The van der Waals surface area contributed by atoms with Gasteiger partial charge in [-0.3, -0.25) is 0 Å². The van der Waals surface area contributed by atoms with Crippen LogP contribution in [0.5, 0.6) is 5.75 Å². The van der Waals surface area contributed by atoms with Crippen LogP contribution in [0, 0.1) is 5.92 Å². The molecule has 1 aromatic rings. The van der Waals surface area contributed by atoms with E-state index in [1.807, 2.05) is 37.3 Å². The van der Waals surface area contributed by atoms with Crippen LogP contribution in [0.4, 0.5) is 4.79 Å². The molecule has 1 atom stereocenters. The molecule has 0 radical (unpaired) electrons. The molecule has 0 heterocycles. The molecule has 0 spiro atoms. The highest BCUT2D eigenvalue weighted by Crippen LogP contribution is 2.29. The molecule has 1 unspecified atom stereocenters. The minimum absolute atomic E-state index is 0.0415. The van der Waals surface area contributed by atoms with Crippen molar-refractivity contribution < 1.29 is 9.53 Å². The monoisotopic (exact) mass is 260 g/mol. The predicted octanol–water partition coefficient (Wildman–Crippen LogP) is 2.98. The number of amides is 2. The molecule has 1 aromatic carbocycles. The van der Waals surface area contributed by atoms with E-state index in [9.17, 15) is 4.79 Å². The van der Waals surface area contributed by atoms with Gasteiger partial charge in [0, 0.05) is 6.20 Å². The fraction of sp³-hybridized carbons (Fsp3) is 0.400. The van der Waals surface area contributed by atoms with E-state index < -0.39 is 0 Å². The van der Waals surface area contributed by atoms with Gasteiger partial charge in [0.2, 0.25) is 0 Å². The number of nitrogens with one attached hydrogen (secondary N) is 2. The lowest BCUT2D eigenvalue weighted by Crippen LogP contribution is -2.34. The van der Waals surface area contributed by atoms with Crippen molar-refractivity contribution in [2.24, 2.45) is 5.92 Å². The van der Waals surface area contributed by atoms with Crippen molar-refractivity contribution in [1.29, 1.82) is 0 Å². The minimum Gasteiger partial charge on any atom is -0.497 e. The van der Waals surface area contributed by atoms with Crippen LogP contribution in [-0.4, -0.2) is 13.1 Å². The molecule has 1 aliphatic rings. The first-order chi connectivity index (χ1) is 9.19. The molecule has 0 aliphatic heterocycles. The van der Waals surface area contributed by atoms with E-state index in [0.717, 1.165) is 11.3 Å². The SMILES string of the molecule is COc1ccc(C(C)NC(=O)N/C=C/C2CC2)cc1. The molecule has 4 heteroatoms. The van der Waals surface area contributed by atoms with Gasteiger partial charge in [-0.05, 0) is 43.4 Å². The summed E-state index contributed by atoms with van der Waals surface area (Å²) in [5.41, 5.74) is 1.04. The van der Waals surface area contributed by atoms with Crippen LogP contribution in [0.2, 0.25) is 0 Å². The number of allylic oxidation sites excluding steroid dienone is 1. The maximum atomic E-state index is 11.7. The third-order valence-electron chi connectivity index (χ3n) is 3.17. The Hall–Kier alpha value is -1.97. The predicted molar refractivity (Wildman–Crippen MR) is 74.9 cm³/mol. The van der Waals surface area contributed by atoms with Gasteiger partial charge in [0.1, 0.15) is 5.75 Å². The molecule has 2 amide bonds. The van der Waals surface area contributed by atoms with Gasteiger partial charge in [-0.1, -0.05) is 18.2 Å². The molecular formula is C15H20N2O2. The Kier molecular flexibility index (Phi) is 4.44. The zero-order valence-corrected chi connectivity index (χ0v) is 11.3. The summed E-state index contributed by atoms with van der Waals surface area (Å²) in [4.78, 5) is 11.7. The Morgan fingerprint density at radius 1 is 1.37 bits per heavy atom. The Morgan fingerprint density at radius 2 is 2.05 bits per heavy atom. The van der Waals surface area contributed by atoms with Crippen molar-refractivity contribution in [3.05, 3.63) is 42.1 Å². The van der Waals surface area contributed by atoms with Crippen LogP contribution in [0.1, 0.15) is 31.4 Å². The van der Waals surface area contributed by atoms with Crippen LogP contribution < -0.4 is 15.4 Å². The second-order valence-corrected chi connectivity index (χ2v) is 4.81. The molecule has 19 heavy (non-hydrogen) atoms. The van der Waals surface area contributed by atoms with Gasteiger partial charge in [0.15, 0.2) is 0 Å². The third kappa shape index (κ3) is 4.32. The highest BCUT2D eigenvalue weighted by atomic mass is 16.5. The van der Waals surface area contributed by atoms with Crippen LogP contribution in [0.3, 0.4) is 0 Å². The molecule has 0 bridgehead atoms. The summed E-state index contributed by atoms with van der Waals surface area (Å²) in [6.07, 6.45) is 6.25. The van der Waals surface area contributed by atoms with Gasteiger partial charge in [0.25, 0.3) is 0 Å². The summed E-state index contributed by atoms with van der Waals surface area (Å²) in [5.74, 6) is 1.48. The summed E-state index contributed by atoms with van der Waals surface area (Å²) in [6.45, 7) is 1.95. The van der Waals surface area contributed by atoms with Crippen molar-refractivity contribution in [2.75, 3.05) is 7.11 Å². The fourth-order valence-corrected chi connectivity index (χ4v) is 1.76. The lowest BCUT2D eigenvalue weighted by Gasteiger charge is -2.14. The average Bonchev–Trinajstić information content (AvgIpc) is 3.23. The van der Waals surface area contributed by atoms with Crippen molar-refractivity contribution in [1.82, 2.24) is 10.6 Å². The first kappa shape index (κ1) is 13.5. The fourth-order valence-electron chi connectivity index (χ4n) is 1.76. The second-order valence-electron chi connectivity index (χ2n) is 4.81. The van der Waals surface area contributed by atoms with Crippen LogP contribution >= 0.6 is 0 Å². The number of carbonyl (C=O) groups is 1. The number of carbonyl (C=O) groups excluding carboxylic acids is 1. The van der Waals surface area contributed by atoms with E-state index in [4.69, 9.17) is 4.74 Å². The normalized spacial score (nSPS) is 16.1. The topological polar surface area (TPSA) is 50.4 Å². The molecule has 2 rings (SSSR count). The average molecular weight is 260 g/mol. The van der Waals surface area contributed by atoms with Gasteiger partial charge in [0.05, 0.1) is 13.2 Å².